The Bertz CT molecular complexity index is 1060. The van der Waals surface area contributed by atoms with Crippen molar-refractivity contribution in [3.8, 4) is 5.75 Å². The molecule has 0 saturated carbocycles. The number of anilines is 1. The molecule has 31 heavy (non-hydrogen) atoms. The van der Waals surface area contributed by atoms with E-state index in [1.807, 2.05) is 6.07 Å². The maximum Gasteiger partial charge on any atom is 0.311 e. The number of carbonyl (C=O) groups excluding carboxylic acids is 3. The van der Waals surface area contributed by atoms with E-state index in [1.165, 1.54) is 6.92 Å². The molecule has 158 valence electrons. The van der Waals surface area contributed by atoms with Crippen LogP contribution in [0, 0.1) is 0 Å². The van der Waals surface area contributed by atoms with Crippen molar-refractivity contribution in [1.82, 2.24) is 0 Å². The molecule has 3 rings (SSSR count). The van der Waals surface area contributed by atoms with Gasteiger partial charge in [0.05, 0.1) is 13.5 Å². The summed E-state index contributed by atoms with van der Waals surface area (Å²) >= 11 is 0. The van der Waals surface area contributed by atoms with E-state index in [0.717, 1.165) is 5.56 Å². The Kier molecular flexibility index (Phi) is 7.17. The van der Waals surface area contributed by atoms with E-state index in [2.05, 4.69) is 5.32 Å². The van der Waals surface area contributed by atoms with Crippen molar-refractivity contribution >= 4 is 23.3 Å². The van der Waals surface area contributed by atoms with Gasteiger partial charge in [-0.25, -0.2) is 0 Å². The fourth-order valence-electron chi connectivity index (χ4n) is 3.01. The lowest BCUT2D eigenvalue weighted by Gasteiger charge is -2.18. The zero-order chi connectivity index (χ0) is 22.2. The van der Waals surface area contributed by atoms with Gasteiger partial charge in [0.25, 0.3) is 5.91 Å². The predicted octanol–water partition coefficient (Wildman–Crippen LogP) is 4.36. The molecule has 1 atom stereocenters. The third-order valence-corrected chi connectivity index (χ3v) is 4.63. The van der Waals surface area contributed by atoms with Crippen LogP contribution < -0.4 is 10.1 Å². The lowest BCUT2D eigenvalue weighted by molar-refractivity contribution is -0.154. The second-order valence-electron chi connectivity index (χ2n) is 6.93. The van der Waals surface area contributed by atoms with Crippen LogP contribution in [0.4, 0.5) is 5.69 Å². The van der Waals surface area contributed by atoms with Gasteiger partial charge < -0.3 is 14.8 Å². The Morgan fingerprint density at radius 2 is 1.61 bits per heavy atom. The molecule has 0 unspecified atom stereocenters. The minimum Gasteiger partial charge on any atom is -0.497 e. The van der Waals surface area contributed by atoms with Crippen molar-refractivity contribution in [2.75, 3.05) is 12.4 Å². The van der Waals surface area contributed by atoms with E-state index in [1.54, 1.807) is 79.9 Å². The Morgan fingerprint density at radius 1 is 0.903 bits per heavy atom. The van der Waals surface area contributed by atoms with Gasteiger partial charge in [0.15, 0.2) is 5.78 Å². The number of hydrogen-bond acceptors (Lipinski definition) is 5. The number of amides is 1. The zero-order valence-electron chi connectivity index (χ0n) is 17.3. The lowest BCUT2D eigenvalue weighted by Crippen LogP contribution is -2.26. The second-order valence-corrected chi connectivity index (χ2v) is 6.93. The van der Waals surface area contributed by atoms with Gasteiger partial charge in [-0.1, -0.05) is 54.6 Å². The molecular weight excluding hydrogens is 394 g/mol. The van der Waals surface area contributed by atoms with Crippen LogP contribution >= 0.6 is 0 Å². The molecule has 3 aromatic carbocycles. The summed E-state index contributed by atoms with van der Waals surface area (Å²) in [7, 11) is 1.57. The third-order valence-electron chi connectivity index (χ3n) is 4.63. The van der Waals surface area contributed by atoms with Crippen molar-refractivity contribution in [1.29, 1.82) is 0 Å². The first-order valence-electron chi connectivity index (χ1n) is 9.75. The number of Topliss-reactive ketones (excluding diaryl/α,β-unsaturated/α-hetero) is 1. The fourth-order valence-corrected chi connectivity index (χ4v) is 3.01. The Labute approximate surface area is 180 Å². The zero-order valence-corrected chi connectivity index (χ0v) is 17.3. The smallest absolute Gasteiger partial charge is 0.311 e. The summed E-state index contributed by atoms with van der Waals surface area (Å²) in [6, 6.07) is 22.4. The third kappa shape index (κ3) is 6.02. The number of rotatable bonds is 8. The first-order valence-corrected chi connectivity index (χ1v) is 9.75. The number of carbonyl (C=O) groups is 3. The highest BCUT2D eigenvalue weighted by atomic mass is 16.5. The first-order chi connectivity index (χ1) is 15.0. The molecule has 0 aliphatic carbocycles. The van der Waals surface area contributed by atoms with E-state index in [0.29, 0.717) is 22.6 Å². The number of nitrogens with one attached hydrogen (secondary N) is 1. The quantitative estimate of drug-likeness (QED) is 0.435. The second kappa shape index (κ2) is 10.2. The van der Waals surface area contributed by atoms with Crippen LogP contribution in [0.2, 0.25) is 0 Å². The highest BCUT2D eigenvalue weighted by molar-refractivity contribution is 5.99. The Balaban J connectivity index is 1.76. The molecule has 0 saturated heterocycles. The van der Waals surface area contributed by atoms with E-state index in [9.17, 15) is 14.4 Å². The van der Waals surface area contributed by atoms with Gasteiger partial charge >= 0.3 is 5.97 Å². The van der Waals surface area contributed by atoms with Gasteiger partial charge in [0.2, 0.25) is 6.10 Å². The minimum atomic E-state index is -1.13. The summed E-state index contributed by atoms with van der Waals surface area (Å²) in [4.78, 5) is 37.2. The van der Waals surface area contributed by atoms with Crippen molar-refractivity contribution in [3.63, 3.8) is 0 Å². The summed E-state index contributed by atoms with van der Waals surface area (Å²) in [5.41, 5.74) is 2.22. The van der Waals surface area contributed by atoms with Crippen LogP contribution in [0.1, 0.15) is 34.5 Å². The molecule has 0 bridgehead atoms. The van der Waals surface area contributed by atoms with Crippen molar-refractivity contribution in [2.24, 2.45) is 0 Å². The molecular formula is C25H23NO5. The fraction of sp³-hybridized carbons (Fsp3) is 0.160. The van der Waals surface area contributed by atoms with Crippen LogP contribution in [0.3, 0.4) is 0 Å². The molecule has 3 aromatic rings. The van der Waals surface area contributed by atoms with Gasteiger partial charge in [-0.05, 0) is 36.8 Å². The van der Waals surface area contributed by atoms with Gasteiger partial charge in [-0.15, -0.1) is 0 Å². The monoisotopic (exact) mass is 417 g/mol. The van der Waals surface area contributed by atoms with Crippen LogP contribution in [0.25, 0.3) is 0 Å². The first kappa shape index (κ1) is 21.8. The molecule has 0 fully saturated rings. The van der Waals surface area contributed by atoms with Crippen LogP contribution in [0.15, 0.2) is 78.9 Å². The maximum absolute atomic E-state index is 13.0. The SMILES string of the molecule is COc1ccc(CC(=O)O[C@H](C(=O)Nc2cccc(C(C)=O)c2)c2ccccc2)cc1. The molecule has 0 aliphatic rings. The molecule has 0 heterocycles. The summed E-state index contributed by atoms with van der Waals surface area (Å²) < 4.78 is 10.7. The maximum atomic E-state index is 13.0. The molecule has 0 radical (unpaired) electrons. The van der Waals surface area contributed by atoms with E-state index in [4.69, 9.17) is 9.47 Å². The molecule has 6 nitrogen and oxygen atoms in total. The minimum absolute atomic E-state index is 0.0143. The Morgan fingerprint density at radius 3 is 2.26 bits per heavy atom. The van der Waals surface area contributed by atoms with E-state index >= 15 is 0 Å². The molecule has 0 aliphatic heterocycles. The number of benzene rings is 3. The highest BCUT2D eigenvalue weighted by Crippen LogP contribution is 2.22. The number of ketones is 1. The topological polar surface area (TPSA) is 81.7 Å². The summed E-state index contributed by atoms with van der Waals surface area (Å²) in [5.74, 6) is -0.463. The number of esters is 1. The van der Waals surface area contributed by atoms with Gasteiger partial charge in [0.1, 0.15) is 5.75 Å². The van der Waals surface area contributed by atoms with Crippen LogP contribution in [0.5, 0.6) is 5.75 Å². The molecule has 6 heteroatoms. The van der Waals surface area contributed by atoms with Gasteiger partial charge in [-0.3, -0.25) is 14.4 Å². The molecule has 0 spiro atoms. The van der Waals surface area contributed by atoms with Crippen LogP contribution in [-0.4, -0.2) is 24.8 Å². The Hall–Kier alpha value is -3.93. The van der Waals surface area contributed by atoms with E-state index < -0.39 is 18.0 Å². The van der Waals surface area contributed by atoms with Crippen molar-refractivity contribution < 1.29 is 23.9 Å². The number of hydrogen-bond donors (Lipinski definition) is 1. The largest absolute Gasteiger partial charge is 0.497 e. The highest BCUT2D eigenvalue weighted by Gasteiger charge is 2.25. The van der Waals surface area contributed by atoms with Crippen molar-refractivity contribution in [2.45, 2.75) is 19.4 Å². The lowest BCUT2D eigenvalue weighted by atomic mass is 10.1. The molecule has 1 N–H and O–H groups in total. The number of methoxy groups -OCH3 is 1. The average molecular weight is 417 g/mol. The summed E-state index contributed by atoms with van der Waals surface area (Å²) in [5, 5.41) is 2.74. The average Bonchev–Trinajstić information content (AvgIpc) is 2.78. The van der Waals surface area contributed by atoms with Crippen molar-refractivity contribution in [3.05, 3.63) is 95.6 Å². The summed E-state index contributed by atoms with van der Waals surface area (Å²) in [6.07, 6.45) is -1.12. The van der Waals surface area contributed by atoms with Crippen LogP contribution in [-0.2, 0) is 20.7 Å². The number of ether oxygens (including phenoxy) is 2. The standard InChI is InChI=1S/C25H23NO5/c1-17(27)20-9-6-10-21(16-20)26-25(29)24(19-7-4-3-5-8-19)31-23(28)15-18-11-13-22(30-2)14-12-18/h3-14,16,24H,15H2,1-2H3,(H,26,29)/t24-/m0/s1. The molecule has 0 aromatic heterocycles. The summed E-state index contributed by atoms with van der Waals surface area (Å²) in [6.45, 7) is 1.45. The predicted molar refractivity (Wildman–Crippen MR) is 117 cm³/mol. The van der Waals surface area contributed by atoms with E-state index in [-0.39, 0.29) is 12.2 Å². The van der Waals surface area contributed by atoms with Gasteiger partial charge in [-0.2, -0.15) is 0 Å². The van der Waals surface area contributed by atoms with Gasteiger partial charge in [0, 0.05) is 16.8 Å². The molecule has 1 amide bonds. The normalized spacial score (nSPS) is 11.3.